The number of rotatable bonds is 11. The number of amides is 4. The van der Waals surface area contributed by atoms with Crippen LogP contribution in [0.4, 0.5) is 0 Å². The van der Waals surface area contributed by atoms with Crippen molar-refractivity contribution in [3.63, 3.8) is 0 Å². The van der Waals surface area contributed by atoms with E-state index < -0.39 is 6.04 Å². The number of methoxy groups -OCH3 is 1. The maximum absolute atomic E-state index is 13.3. The van der Waals surface area contributed by atoms with E-state index in [1.807, 2.05) is 38.1 Å². The van der Waals surface area contributed by atoms with E-state index >= 15 is 0 Å². The van der Waals surface area contributed by atoms with Gasteiger partial charge in [-0.25, -0.2) is 0 Å². The van der Waals surface area contributed by atoms with Crippen molar-refractivity contribution in [1.29, 1.82) is 0 Å². The van der Waals surface area contributed by atoms with Crippen LogP contribution in [0.1, 0.15) is 66.3 Å². The number of ether oxygens (including phenoxy) is 1. The average molecular weight is 480 g/mol. The van der Waals surface area contributed by atoms with E-state index in [4.69, 9.17) is 4.74 Å². The van der Waals surface area contributed by atoms with Crippen molar-refractivity contribution < 1.29 is 23.9 Å². The second-order valence-corrected chi connectivity index (χ2v) is 8.77. The molecule has 0 bridgehead atoms. The summed E-state index contributed by atoms with van der Waals surface area (Å²) in [6, 6.07) is 13.4. The van der Waals surface area contributed by atoms with Gasteiger partial charge < -0.3 is 15.0 Å². The molecule has 186 valence electrons. The van der Waals surface area contributed by atoms with Crippen molar-refractivity contribution in [2.24, 2.45) is 0 Å². The molecule has 0 radical (unpaired) electrons. The van der Waals surface area contributed by atoms with Crippen LogP contribution >= 0.6 is 0 Å². The molecule has 1 N–H and O–H groups in total. The lowest BCUT2D eigenvalue weighted by molar-refractivity contribution is -0.141. The monoisotopic (exact) mass is 479 g/mol. The van der Waals surface area contributed by atoms with E-state index in [1.165, 1.54) is 4.90 Å². The molecule has 35 heavy (non-hydrogen) atoms. The van der Waals surface area contributed by atoms with Crippen molar-refractivity contribution in [3.8, 4) is 5.75 Å². The van der Waals surface area contributed by atoms with Crippen LogP contribution in [0.3, 0.4) is 0 Å². The largest absolute Gasteiger partial charge is 0.497 e. The van der Waals surface area contributed by atoms with Crippen LogP contribution in [0.5, 0.6) is 5.75 Å². The fourth-order valence-corrected chi connectivity index (χ4v) is 3.95. The third-order valence-corrected chi connectivity index (χ3v) is 6.33. The van der Waals surface area contributed by atoms with Crippen LogP contribution in [0.15, 0.2) is 48.5 Å². The molecule has 0 saturated carbocycles. The second kappa shape index (κ2) is 11.6. The zero-order valence-corrected chi connectivity index (χ0v) is 20.7. The molecule has 8 heteroatoms. The summed E-state index contributed by atoms with van der Waals surface area (Å²) in [7, 11) is 1.58. The molecule has 0 fully saturated rings. The summed E-state index contributed by atoms with van der Waals surface area (Å²) in [5.74, 6) is -0.412. The van der Waals surface area contributed by atoms with Gasteiger partial charge in [0.25, 0.3) is 11.8 Å². The van der Waals surface area contributed by atoms with Crippen LogP contribution in [0.2, 0.25) is 0 Å². The molecular formula is C27H33N3O5. The Morgan fingerprint density at radius 3 is 2.14 bits per heavy atom. The lowest BCUT2D eigenvalue weighted by Crippen LogP contribution is -2.49. The maximum Gasteiger partial charge on any atom is 0.261 e. The summed E-state index contributed by atoms with van der Waals surface area (Å²) in [6.07, 6.45) is 1.19. The summed E-state index contributed by atoms with van der Waals surface area (Å²) in [4.78, 5) is 54.0. The van der Waals surface area contributed by atoms with Gasteiger partial charge in [-0.1, -0.05) is 31.2 Å². The first-order chi connectivity index (χ1) is 16.8. The van der Waals surface area contributed by atoms with Gasteiger partial charge in [-0.3, -0.25) is 24.1 Å². The van der Waals surface area contributed by atoms with Crippen LogP contribution in [0, 0.1) is 0 Å². The molecule has 1 aliphatic heterocycles. The molecule has 2 aromatic carbocycles. The number of nitrogens with zero attached hydrogens (tertiary/aromatic N) is 2. The van der Waals surface area contributed by atoms with Gasteiger partial charge in [0, 0.05) is 25.6 Å². The molecule has 2 aromatic rings. The first-order valence-corrected chi connectivity index (χ1v) is 11.9. The van der Waals surface area contributed by atoms with Gasteiger partial charge in [0.15, 0.2) is 0 Å². The number of imide groups is 1. The highest BCUT2D eigenvalue weighted by Crippen LogP contribution is 2.23. The Morgan fingerprint density at radius 2 is 1.60 bits per heavy atom. The van der Waals surface area contributed by atoms with Gasteiger partial charge in [-0.05, 0) is 56.5 Å². The lowest BCUT2D eigenvalue weighted by atomic mass is 10.1. The molecule has 4 amide bonds. The van der Waals surface area contributed by atoms with Gasteiger partial charge in [-0.15, -0.1) is 0 Å². The molecule has 8 nitrogen and oxygen atoms in total. The molecule has 2 atom stereocenters. The molecule has 0 saturated heterocycles. The van der Waals surface area contributed by atoms with Crippen molar-refractivity contribution in [2.75, 3.05) is 13.7 Å². The van der Waals surface area contributed by atoms with Crippen LogP contribution < -0.4 is 10.1 Å². The Labute approximate surface area is 206 Å². The van der Waals surface area contributed by atoms with Gasteiger partial charge in [0.05, 0.1) is 18.2 Å². The Balaban J connectivity index is 1.67. The lowest BCUT2D eigenvalue weighted by Gasteiger charge is -2.30. The van der Waals surface area contributed by atoms with Crippen LogP contribution in [-0.2, 0) is 16.1 Å². The zero-order chi connectivity index (χ0) is 25.5. The fourth-order valence-electron chi connectivity index (χ4n) is 3.95. The van der Waals surface area contributed by atoms with E-state index in [0.717, 1.165) is 12.0 Å². The molecule has 1 heterocycles. The highest BCUT2D eigenvalue weighted by atomic mass is 16.5. The summed E-state index contributed by atoms with van der Waals surface area (Å²) in [5, 5.41) is 2.94. The number of hydrogen-bond donors (Lipinski definition) is 1. The third kappa shape index (κ3) is 6.07. The van der Waals surface area contributed by atoms with Gasteiger partial charge >= 0.3 is 0 Å². The molecule has 3 rings (SSSR count). The van der Waals surface area contributed by atoms with E-state index in [2.05, 4.69) is 5.32 Å². The summed E-state index contributed by atoms with van der Waals surface area (Å²) in [5.41, 5.74) is 1.64. The Morgan fingerprint density at radius 1 is 1.00 bits per heavy atom. The van der Waals surface area contributed by atoms with E-state index in [9.17, 15) is 19.2 Å². The fraction of sp³-hybridized carbons (Fsp3) is 0.407. The Bertz CT molecular complexity index is 1050. The number of fused-ring (bicyclic) bond motifs is 1. The molecule has 0 aromatic heterocycles. The number of carbonyl (C=O) groups is 4. The molecule has 0 spiro atoms. The van der Waals surface area contributed by atoms with Crippen molar-refractivity contribution in [3.05, 3.63) is 65.2 Å². The highest BCUT2D eigenvalue weighted by molar-refractivity contribution is 6.21. The maximum atomic E-state index is 13.3. The minimum absolute atomic E-state index is 0.00304. The molecule has 0 unspecified atom stereocenters. The van der Waals surface area contributed by atoms with E-state index in [-0.39, 0.29) is 49.2 Å². The number of carbonyl (C=O) groups excluding carboxylic acids is 4. The zero-order valence-electron chi connectivity index (χ0n) is 20.7. The second-order valence-electron chi connectivity index (χ2n) is 8.77. The number of benzene rings is 2. The predicted molar refractivity (Wildman–Crippen MR) is 132 cm³/mol. The summed E-state index contributed by atoms with van der Waals surface area (Å²) in [6.45, 7) is 6.01. The van der Waals surface area contributed by atoms with Crippen LogP contribution in [0.25, 0.3) is 0 Å². The topological polar surface area (TPSA) is 96.0 Å². The van der Waals surface area contributed by atoms with Crippen LogP contribution in [-0.4, -0.2) is 59.2 Å². The van der Waals surface area contributed by atoms with Crippen molar-refractivity contribution in [1.82, 2.24) is 15.1 Å². The van der Waals surface area contributed by atoms with Gasteiger partial charge in [0.1, 0.15) is 11.8 Å². The minimum Gasteiger partial charge on any atom is -0.497 e. The quantitative estimate of drug-likeness (QED) is 0.499. The Hall–Kier alpha value is -3.68. The highest BCUT2D eigenvalue weighted by Gasteiger charge is 2.35. The van der Waals surface area contributed by atoms with Gasteiger partial charge in [0.2, 0.25) is 11.8 Å². The SMILES string of the molecule is CC[C@H](C)NC(=O)[C@H](C)N(Cc1ccc(OC)cc1)C(=O)CCCN1C(=O)c2ccccc2C1=O. The average Bonchev–Trinajstić information content (AvgIpc) is 3.11. The summed E-state index contributed by atoms with van der Waals surface area (Å²) < 4.78 is 5.20. The van der Waals surface area contributed by atoms with E-state index in [1.54, 1.807) is 43.2 Å². The van der Waals surface area contributed by atoms with E-state index in [0.29, 0.717) is 23.3 Å². The molecule has 0 aliphatic carbocycles. The normalized spacial score (nSPS) is 14.3. The standard InChI is InChI=1S/C27H33N3O5/c1-5-18(2)28-25(32)19(3)30(17-20-12-14-21(35-4)15-13-20)24(31)11-8-16-29-26(33)22-9-6-7-10-23(22)27(29)34/h6-7,9-10,12-15,18-19H,5,8,11,16-17H2,1-4H3,(H,28,32)/t18-,19-/m0/s1. The van der Waals surface area contributed by atoms with Gasteiger partial charge in [-0.2, -0.15) is 0 Å². The van der Waals surface area contributed by atoms with Crippen molar-refractivity contribution in [2.45, 2.75) is 58.7 Å². The summed E-state index contributed by atoms with van der Waals surface area (Å²) >= 11 is 0. The number of nitrogens with one attached hydrogen (secondary N) is 1. The number of hydrogen-bond acceptors (Lipinski definition) is 5. The van der Waals surface area contributed by atoms with Crippen molar-refractivity contribution >= 4 is 23.6 Å². The minimum atomic E-state index is -0.682. The molecule has 1 aliphatic rings. The molecular weight excluding hydrogens is 446 g/mol. The Kier molecular flexibility index (Phi) is 8.63. The first kappa shape index (κ1) is 25.9. The first-order valence-electron chi connectivity index (χ1n) is 11.9. The third-order valence-electron chi connectivity index (χ3n) is 6.33. The predicted octanol–water partition coefficient (Wildman–Crippen LogP) is 3.40. The smallest absolute Gasteiger partial charge is 0.261 e.